The lowest BCUT2D eigenvalue weighted by Crippen LogP contribution is -2.48. The van der Waals surface area contributed by atoms with Gasteiger partial charge in [0.05, 0.1) is 19.7 Å². The van der Waals surface area contributed by atoms with Gasteiger partial charge in [-0.2, -0.15) is 0 Å². The van der Waals surface area contributed by atoms with Crippen molar-refractivity contribution < 1.29 is 14.3 Å². The Morgan fingerprint density at radius 1 is 1.37 bits per heavy atom. The number of nitrogens with two attached hydrogens (primary N) is 1. The van der Waals surface area contributed by atoms with E-state index in [1.165, 1.54) is 0 Å². The first-order valence-electron chi connectivity index (χ1n) is 6.61. The number of amides is 2. The monoisotopic (exact) mass is 272 g/mol. The number of likely N-dealkylation sites (tertiary alicyclic amines) is 1. The molecule has 0 aliphatic carbocycles. The highest BCUT2D eigenvalue weighted by atomic mass is 16.5. The average molecular weight is 272 g/mol. The van der Waals surface area contributed by atoms with Gasteiger partial charge in [0.1, 0.15) is 0 Å². The lowest BCUT2D eigenvalue weighted by molar-refractivity contribution is -0.122. The molecule has 1 saturated heterocycles. The molecule has 1 aliphatic rings. The fraction of sp³-hybridized carbons (Fsp3) is 0.833. The molecule has 0 saturated carbocycles. The highest BCUT2D eigenvalue weighted by molar-refractivity contribution is 5.78. The Bertz CT molecular complexity index is 291. The number of hydrogen-bond acceptors (Lipinski definition) is 5. The standard InChI is InChI=1S/C12H24N4O3/c1-19-7-4-14-8-12(18)15-10-2-5-16(6-3-10)9-11(13)17/h10,14H,2-9H2,1H3,(H2,13,17)(H,15,18). The average Bonchev–Trinajstić information content (AvgIpc) is 2.36. The first-order chi connectivity index (χ1) is 9.11. The Labute approximate surface area is 113 Å². The second-order valence-corrected chi connectivity index (χ2v) is 4.75. The number of nitrogens with zero attached hydrogens (tertiary/aromatic N) is 1. The molecule has 4 N–H and O–H groups in total. The van der Waals surface area contributed by atoms with Gasteiger partial charge in [-0.05, 0) is 12.8 Å². The van der Waals surface area contributed by atoms with E-state index in [0.717, 1.165) is 25.9 Å². The maximum Gasteiger partial charge on any atom is 0.234 e. The molecular weight excluding hydrogens is 248 g/mol. The third-order valence-corrected chi connectivity index (χ3v) is 3.10. The molecule has 0 aromatic heterocycles. The summed E-state index contributed by atoms with van der Waals surface area (Å²) in [6.07, 6.45) is 1.72. The van der Waals surface area contributed by atoms with Gasteiger partial charge >= 0.3 is 0 Å². The first-order valence-corrected chi connectivity index (χ1v) is 6.61. The summed E-state index contributed by atoms with van der Waals surface area (Å²) in [5.74, 6) is -0.297. The molecule has 0 aromatic carbocycles. The normalized spacial score (nSPS) is 17.3. The maximum atomic E-state index is 11.6. The van der Waals surface area contributed by atoms with Crippen molar-refractivity contribution >= 4 is 11.8 Å². The van der Waals surface area contributed by atoms with E-state index in [4.69, 9.17) is 10.5 Å². The van der Waals surface area contributed by atoms with Crippen LogP contribution in [0, 0.1) is 0 Å². The molecule has 7 nitrogen and oxygen atoms in total. The van der Waals surface area contributed by atoms with E-state index in [0.29, 0.717) is 26.2 Å². The van der Waals surface area contributed by atoms with Crippen LogP contribution in [-0.4, -0.2) is 69.2 Å². The summed E-state index contributed by atoms with van der Waals surface area (Å²) >= 11 is 0. The quantitative estimate of drug-likeness (QED) is 0.457. The molecule has 0 radical (unpaired) electrons. The Morgan fingerprint density at radius 2 is 2.05 bits per heavy atom. The summed E-state index contributed by atoms with van der Waals surface area (Å²) < 4.78 is 4.88. The minimum absolute atomic E-state index is 0.00412. The predicted molar refractivity (Wildman–Crippen MR) is 71.5 cm³/mol. The van der Waals surface area contributed by atoms with Crippen LogP contribution in [0.1, 0.15) is 12.8 Å². The van der Waals surface area contributed by atoms with E-state index in [2.05, 4.69) is 10.6 Å². The largest absolute Gasteiger partial charge is 0.383 e. The molecule has 0 atom stereocenters. The number of ether oxygens (including phenoxy) is 1. The van der Waals surface area contributed by atoms with Gasteiger partial charge in [0, 0.05) is 32.8 Å². The molecule has 110 valence electrons. The van der Waals surface area contributed by atoms with Crippen LogP contribution < -0.4 is 16.4 Å². The molecule has 0 spiro atoms. The van der Waals surface area contributed by atoms with Crippen molar-refractivity contribution in [3.05, 3.63) is 0 Å². The third kappa shape index (κ3) is 7.09. The van der Waals surface area contributed by atoms with E-state index in [1.807, 2.05) is 4.90 Å². The van der Waals surface area contributed by atoms with Crippen molar-refractivity contribution in [1.82, 2.24) is 15.5 Å². The zero-order valence-corrected chi connectivity index (χ0v) is 11.5. The molecule has 0 bridgehead atoms. The molecule has 7 heteroatoms. The van der Waals surface area contributed by atoms with Crippen LogP contribution in [0.25, 0.3) is 0 Å². The summed E-state index contributed by atoms with van der Waals surface area (Å²) in [6, 6.07) is 0.195. The Balaban J connectivity index is 2.11. The summed E-state index contributed by atoms with van der Waals surface area (Å²) in [5, 5.41) is 5.99. The highest BCUT2D eigenvalue weighted by Gasteiger charge is 2.21. The van der Waals surface area contributed by atoms with Crippen molar-refractivity contribution in [2.45, 2.75) is 18.9 Å². The Kier molecular flexibility index (Phi) is 7.39. The molecule has 2 amide bonds. The van der Waals surface area contributed by atoms with Crippen LogP contribution in [0.3, 0.4) is 0 Å². The smallest absolute Gasteiger partial charge is 0.234 e. The zero-order valence-electron chi connectivity index (χ0n) is 11.5. The van der Waals surface area contributed by atoms with Crippen LogP contribution >= 0.6 is 0 Å². The number of carbonyl (C=O) groups excluding carboxylic acids is 2. The van der Waals surface area contributed by atoms with E-state index >= 15 is 0 Å². The third-order valence-electron chi connectivity index (χ3n) is 3.10. The number of hydrogen-bond donors (Lipinski definition) is 3. The summed E-state index contributed by atoms with van der Waals surface area (Å²) in [4.78, 5) is 24.4. The molecule has 1 aliphatic heterocycles. The molecule has 0 aromatic rings. The predicted octanol–water partition coefficient (Wildman–Crippen LogP) is -1.71. The SMILES string of the molecule is COCCNCC(=O)NC1CCN(CC(N)=O)CC1. The van der Waals surface area contributed by atoms with E-state index in [1.54, 1.807) is 7.11 Å². The summed E-state index contributed by atoms with van der Waals surface area (Å²) in [5.41, 5.74) is 5.15. The summed E-state index contributed by atoms with van der Waals surface area (Å²) in [6.45, 7) is 3.47. The van der Waals surface area contributed by atoms with Crippen molar-refractivity contribution in [1.29, 1.82) is 0 Å². The molecule has 1 fully saturated rings. The molecule has 1 rings (SSSR count). The second-order valence-electron chi connectivity index (χ2n) is 4.75. The zero-order chi connectivity index (χ0) is 14.1. The molecule has 1 heterocycles. The van der Waals surface area contributed by atoms with Crippen LogP contribution in [0.5, 0.6) is 0 Å². The highest BCUT2D eigenvalue weighted by Crippen LogP contribution is 2.09. The van der Waals surface area contributed by atoms with Gasteiger partial charge in [-0.1, -0.05) is 0 Å². The van der Waals surface area contributed by atoms with Gasteiger partial charge in [0.15, 0.2) is 0 Å². The van der Waals surface area contributed by atoms with Crippen LogP contribution in [0.4, 0.5) is 0 Å². The van der Waals surface area contributed by atoms with Gasteiger partial charge in [-0.15, -0.1) is 0 Å². The number of rotatable bonds is 8. The number of primary amides is 1. The van der Waals surface area contributed by atoms with Crippen molar-refractivity contribution in [3.63, 3.8) is 0 Å². The van der Waals surface area contributed by atoms with Crippen LogP contribution in [0.15, 0.2) is 0 Å². The number of methoxy groups -OCH3 is 1. The second kappa shape index (κ2) is 8.84. The van der Waals surface area contributed by atoms with Crippen molar-refractivity contribution in [2.75, 3.05) is 46.4 Å². The number of nitrogens with one attached hydrogen (secondary N) is 2. The van der Waals surface area contributed by atoms with Gasteiger partial charge < -0.3 is 21.1 Å². The minimum Gasteiger partial charge on any atom is -0.383 e. The number of carbonyl (C=O) groups is 2. The lowest BCUT2D eigenvalue weighted by Gasteiger charge is -2.31. The van der Waals surface area contributed by atoms with Gasteiger partial charge in [-0.25, -0.2) is 0 Å². The fourth-order valence-electron chi connectivity index (χ4n) is 2.11. The van der Waals surface area contributed by atoms with Gasteiger partial charge in [0.25, 0.3) is 0 Å². The van der Waals surface area contributed by atoms with E-state index in [9.17, 15) is 9.59 Å². The first kappa shape index (κ1) is 15.9. The van der Waals surface area contributed by atoms with Gasteiger partial charge in [-0.3, -0.25) is 14.5 Å². The van der Waals surface area contributed by atoms with Crippen LogP contribution in [0.2, 0.25) is 0 Å². The Hall–Kier alpha value is -1.18. The van der Waals surface area contributed by atoms with E-state index in [-0.39, 0.29) is 17.9 Å². The van der Waals surface area contributed by atoms with Gasteiger partial charge in [0.2, 0.25) is 11.8 Å². The van der Waals surface area contributed by atoms with Crippen molar-refractivity contribution in [2.24, 2.45) is 5.73 Å². The topological polar surface area (TPSA) is 96.7 Å². The fourth-order valence-corrected chi connectivity index (χ4v) is 2.11. The van der Waals surface area contributed by atoms with Crippen LogP contribution in [-0.2, 0) is 14.3 Å². The number of piperidine rings is 1. The minimum atomic E-state index is -0.301. The lowest BCUT2D eigenvalue weighted by atomic mass is 10.1. The molecular formula is C12H24N4O3. The Morgan fingerprint density at radius 3 is 2.63 bits per heavy atom. The molecule has 0 unspecified atom stereocenters. The molecule has 19 heavy (non-hydrogen) atoms. The van der Waals surface area contributed by atoms with Crippen molar-refractivity contribution in [3.8, 4) is 0 Å². The maximum absolute atomic E-state index is 11.6. The van der Waals surface area contributed by atoms with E-state index < -0.39 is 0 Å². The summed E-state index contributed by atoms with van der Waals surface area (Å²) in [7, 11) is 1.63.